The van der Waals surface area contributed by atoms with Crippen molar-refractivity contribution in [2.24, 2.45) is 0 Å². The number of aromatic nitrogens is 4. The van der Waals surface area contributed by atoms with E-state index in [1.165, 1.54) is 12.4 Å². The minimum atomic E-state index is -0.295. The fourth-order valence-corrected chi connectivity index (χ4v) is 2.25. The van der Waals surface area contributed by atoms with Crippen molar-refractivity contribution in [3.05, 3.63) is 28.1 Å². The molecule has 0 atom stereocenters. The molecule has 2 rings (SSSR count). The fourth-order valence-electron chi connectivity index (χ4n) is 1.38. The highest BCUT2D eigenvalue weighted by molar-refractivity contribution is 7.08. The smallest absolute Gasteiger partial charge is 0.270 e. The third-order valence-corrected chi connectivity index (χ3v) is 3.19. The highest BCUT2D eigenvalue weighted by Crippen LogP contribution is 2.26. The Hall–Kier alpha value is -1.60. The van der Waals surface area contributed by atoms with E-state index in [2.05, 4.69) is 24.9 Å². The van der Waals surface area contributed by atoms with Gasteiger partial charge < -0.3 is 5.32 Å². The van der Waals surface area contributed by atoms with E-state index in [4.69, 9.17) is 11.6 Å². The SMILES string of the molecule is CC(C)(C)c1nnsc1C(=O)Nc1cnc(Cl)cn1. The van der Waals surface area contributed by atoms with E-state index in [1.807, 2.05) is 20.8 Å². The van der Waals surface area contributed by atoms with Crippen LogP contribution in [0.2, 0.25) is 5.15 Å². The van der Waals surface area contributed by atoms with Crippen molar-refractivity contribution in [3.63, 3.8) is 0 Å². The van der Waals surface area contributed by atoms with Gasteiger partial charge >= 0.3 is 0 Å². The van der Waals surface area contributed by atoms with Crippen LogP contribution in [0.1, 0.15) is 36.1 Å². The van der Waals surface area contributed by atoms with E-state index in [9.17, 15) is 4.79 Å². The van der Waals surface area contributed by atoms with E-state index >= 15 is 0 Å². The van der Waals surface area contributed by atoms with Crippen LogP contribution >= 0.6 is 23.1 Å². The maximum absolute atomic E-state index is 12.1. The zero-order chi connectivity index (χ0) is 14.0. The molecular weight excluding hydrogens is 286 g/mol. The molecule has 6 nitrogen and oxygen atoms in total. The summed E-state index contributed by atoms with van der Waals surface area (Å²) >= 11 is 6.69. The Kier molecular flexibility index (Phi) is 3.77. The molecule has 100 valence electrons. The van der Waals surface area contributed by atoms with Gasteiger partial charge in [0.05, 0.1) is 18.1 Å². The highest BCUT2D eigenvalue weighted by atomic mass is 35.5. The van der Waals surface area contributed by atoms with Gasteiger partial charge in [-0.2, -0.15) is 0 Å². The maximum Gasteiger partial charge on any atom is 0.270 e. The third kappa shape index (κ3) is 3.24. The van der Waals surface area contributed by atoms with Crippen molar-refractivity contribution < 1.29 is 4.79 Å². The molecule has 1 N–H and O–H groups in total. The molecule has 8 heteroatoms. The normalized spacial score (nSPS) is 11.4. The number of anilines is 1. The summed E-state index contributed by atoms with van der Waals surface area (Å²) in [6, 6.07) is 0. The van der Waals surface area contributed by atoms with E-state index < -0.39 is 0 Å². The molecule has 0 aliphatic rings. The summed E-state index contributed by atoms with van der Waals surface area (Å²) in [4.78, 5) is 20.4. The number of amides is 1. The number of nitrogens with one attached hydrogen (secondary N) is 1. The van der Waals surface area contributed by atoms with Crippen LogP contribution in [-0.4, -0.2) is 25.5 Å². The van der Waals surface area contributed by atoms with Crippen LogP contribution in [-0.2, 0) is 5.41 Å². The first-order chi connectivity index (χ1) is 8.88. The van der Waals surface area contributed by atoms with Gasteiger partial charge in [0.25, 0.3) is 5.91 Å². The second-order valence-corrected chi connectivity index (χ2v) is 6.02. The predicted molar refractivity (Wildman–Crippen MR) is 73.6 cm³/mol. The van der Waals surface area contributed by atoms with Gasteiger partial charge in [0.2, 0.25) is 0 Å². The molecule has 0 unspecified atom stereocenters. The van der Waals surface area contributed by atoms with Gasteiger partial charge in [-0.3, -0.25) is 4.79 Å². The molecule has 0 aliphatic heterocycles. The number of rotatable bonds is 2. The molecule has 0 aromatic carbocycles. The first kappa shape index (κ1) is 13.8. The molecule has 0 saturated heterocycles. The Morgan fingerprint density at radius 3 is 2.63 bits per heavy atom. The summed E-state index contributed by atoms with van der Waals surface area (Å²) in [7, 11) is 0. The van der Waals surface area contributed by atoms with Crippen LogP contribution in [0.5, 0.6) is 0 Å². The molecule has 0 radical (unpaired) electrons. The summed E-state index contributed by atoms with van der Waals surface area (Å²) in [5.74, 6) is 0.0409. The van der Waals surface area contributed by atoms with Gasteiger partial charge in [0.1, 0.15) is 10.0 Å². The van der Waals surface area contributed by atoms with Crippen LogP contribution in [0.3, 0.4) is 0 Å². The molecule has 0 bridgehead atoms. The van der Waals surface area contributed by atoms with E-state index in [-0.39, 0.29) is 16.5 Å². The summed E-state index contributed by atoms with van der Waals surface area (Å²) in [5, 5.41) is 6.93. The number of halogens is 1. The van der Waals surface area contributed by atoms with Gasteiger partial charge in [-0.05, 0) is 11.5 Å². The molecule has 1 amide bonds. The third-order valence-electron chi connectivity index (χ3n) is 2.27. The number of carbonyl (C=O) groups excluding carboxylic acids is 1. The standard InChI is InChI=1S/C11H12ClN5OS/c1-11(2,3)9-8(19-17-16-9)10(18)15-7-5-13-6(12)4-14-7/h4-5H,1-3H3,(H,14,15,18). The molecule has 19 heavy (non-hydrogen) atoms. The first-order valence-corrected chi connectivity index (χ1v) is 6.65. The van der Waals surface area contributed by atoms with E-state index in [0.717, 1.165) is 11.5 Å². The van der Waals surface area contributed by atoms with E-state index in [1.54, 1.807) is 0 Å². The molecular formula is C11H12ClN5OS. The van der Waals surface area contributed by atoms with Crippen LogP contribution in [0.15, 0.2) is 12.4 Å². The molecule has 2 aromatic rings. The summed E-state index contributed by atoms with van der Waals surface area (Å²) < 4.78 is 3.84. The lowest BCUT2D eigenvalue weighted by atomic mass is 9.91. The minimum absolute atomic E-state index is 0.245. The van der Waals surface area contributed by atoms with Crippen LogP contribution in [0.25, 0.3) is 0 Å². The predicted octanol–water partition coefficient (Wildman–Crippen LogP) is 2.53. The largest absolute Gasteiger partial charge is 0.304 e. The van der Waals surface area contributed by atoms with Crippen molar-refractivity contribution >= 4 is 34.9 Å². The number of carbonyl (C=O) groups is 1. The number of hydrogen-bond acceptors (Lipinski definition) is 6. The summed E-state index contributed by atoms with van der Waals surface area (Å²) in [5.41, 5.74) is 0.419. The topological polar surface area (TPSA) is 80.7 Å². The molecule has 0 spiro atoms. The van der Waals surface area contributed by atoms with Crippen molar-refractivity contribution in [2.45, 2.75) is 26.2 Å². The zero-order valence-corrected chi connectivity index (χ0v) is 12.2. The van der Waals surface area contributed by atoms with Crippen LogP contribution in [0.4, 0.5) is 5.82 Å². The minimum Gasteiger partial charge on any atom is -0.304 e. The average Bonchev–Trinajstić information content (AvgIpc) is 2.81. The monoisotopic (exact) mass is 297 g/mol. The maximum atomic E-state index is 12.1. The number of hydrogen-bond donors (Lipinski definition) is 1. The lowest BCUT2D eigenvalue weighted by Gasteiger charge is -2.15. The molecule has 2 aromatic heterocycles. The lowest BCUT2D eigenvalue weighted by molar-refractivity contribution is 0.102. The Morgan fingerprint density at radius 2 is 2.05 bits per heavy atom. The first-order valence-electron chi connectivity index (χ1n) is 5.49. The zero-order valence-electron chi connectivity index (χ0n) is 10.6. The Balaban J connectivity index is 2.21. The second kappa shape index (κ2) is 5.18. The highest BCUT2D eigenvalue weighted by Gasteiger charge is 2.26. The molecule has 0 aliphatic carbocycles. The van der Waals surface area contributed by atoms with Crippen LogP contribution in [0, 0.1) is 0 Å². The van der Waals surface area contributed by atoms with Gasteiger partial charge in [0.15, 0.2) is 5.82 Å². The Morgan fingerprint density at radius 1 is 1.32 bits per heavy atom. The van der Waals surface area contributed by atoms with Crippen LogP contribution < -0.4 is 5.32 Å². The molecule has 0 saturated carbocycles. The quantitative estimate of drug-likeness (QED) is 0.921. The fraction of sp³-hybridized carbons (Fsp3) is 0.364. The summed E-state index contributed by atoms with van der Waals surface area (Å²) in [6.45, 7) is 5.92. The number of nitrogens with zero attached hydrogens (tertiary/aromatic N) is 4. The van der Waals surface area contributed by atoms with Crippen molar-refractivity contribution in [1.82, 2.24) is 19.6 Å². The van der Waals surface area contributed by atoms with Gasteiger partial charge in [-0.1, -0.05) is 36.9 Å². The molecule has 2 heterocycles. The van der Waals surface area contributed by atoms with Gasteiger partial charge in [-0.25, -0.2) is 9.97 Å². The Labute approximate surface area is 119 Å². The second-order valence-electron chi connectivity index (χ2n) is 4.88. The van der Waals surface area contributed by atoms with Crippen molar-refractivity contribution in [1.29, 1.82) is 0 Å². The van der Waals surface area contributed by atoms with Crippen molar-refractivity contribution in [2.75, 3.05) is 5.32 Å². The van der Waals surface area contributed by atoms with Gasteiger partial charge in [-0.15, -0.1) is 5.10 Å². The van der Waals surface area contributed by atoms with Crippen molar-refractivity contribution in [3.8, 4) is 0 Å². The van der Waals surface area contributed by atoms with Gasteiger partial charge in [0, 0.05) is 5.41 Å². The summed E-state index contributed by atoms with van der Waals surface area (Å²) in [6.07, 6.45) is 2.76. The molecule has 0 fully saturated rings. The van der Waals surface area contributed by atoms with E-state index in [0.29, 0.717) is 16.4 Å². The average molecular weight is 298 g/mol. The lowest BCUT2D eigenvalue weighted by Crippen LogP contribution is -2.20. The Bertz CT molecular complexity index is 590.